The molecule has 2 aromatic carbocycles. The van der Waals surface area contributed by atoms with Gasteiger partial charge in [-0.05, 0) is 53.9 Å². The summed E-state index contributed by atoms with van der Waals surface area (Å²) in [6.07, 6.45) is 1.68. The van der Waals surface area contributed by atoms with Crippen molar-refractivity contribution in [3.8, 4) is 11.3 Å². The van der Waals surface area contributed by atoms with E-state index < -0.39 is 10.0 Å². The van der Waals surface area contributed by atoms with Gasteiger partial charge in [-0.1, -0.05) is 43.6 Å². The van der Waals surface area contributed by atoms with Crippen LogP contribution in [0.2, 0.25) is 5.02 Å². The summed E-state index contributed by atoms with van der Waals surface area (Å²) in [7, 11) is -3.42. The van der Waals surface area contributed by atoms with E-state index in [1.807, 2.05) is 32.0 Å². The van der Waals surface area contributed by atoms with Crippen LogP contribution in [0.4, 0.5) is 5.69 Å². The largest absolute Gasteiger partial charge is 0.322 e. The highest BCUT2D eigenvalue weighted by atomic mass is 35.5. The van der Waals surface area contributed by atoms with E-state index in [0.717, 1.165) is 5.56 Å². The van der Waals surface area contributed by atoms with Crippen molar-refractivity contribution in [1.82, 2.24) is 9.71 Å². The fraction of sp³-hybridized carbons (Fsp3) is 0.217. The first-order valence-electron chi connectivity index (χ1n) is 9.82. The number of pyridine rings is 1. The summed E-state index contributed by atoms with van der Waals surface area (Å²) < 4.78 is 26.8. The maximum absolute atomic E-state index is 12.6. The summed E-state index contributed by atoms with van der Waals surface area (Å²) in [5, 5.41) is 3.38. The highest BCUT2D eigenvalue weighted by Crippen LogP contribution is 2.29. The molecule has 3 aromatic rings. The van der Waals surface area contributed by atoms with E-state index in [1.165, 1.54) is 0 Å². The molecule has 0 radical (unpaired) electrons. The van der Waals surface area contributed by atoms with Gasteiger partial charge in [-0.15, -0.1) is 0 Å². The fourth-order valence-corrected chi connectivity index (χ4v) is 4.38. The third kappa shape index (κ3) is 6.62. The Morgan fingerprint density at radius 3 is 2.45 bits per heavy atom. The van der Waals surface area contributed by atoms with Gasteiger partial charge in [0.15, 0.2) is 0 Å². The SMILES string of the molecule is CC(C)CNS(=O)(=O)Cc1ccc(C(=O)Nc2ccc(Cl)c(-c3ccccn3)c2)cc1. The predicted molar refractivity (Wildman–Crippen MR) is 125 cm³/mol. The van der Waals surface area contributed by atoms with E-state index in [1.54, 1.807) is 48.7 Å². The average molecular weight is 458 g/mol. The number of benzene rings is 2. The van der Waals surface area contributed by atoms with Crippen LogP contribution in [0.15, 0.2) is 66.9 Å². The molecule has 0 unspecified atom stereocenters. The van der Waals surface area contributed by atoms with Crippen molar-refractivity contribution in [2.24, 2.45) is 5.92 Å². The molecule has 1 amide bonds. The number of hydrogen-bond acceptors (Lipinski definition) is 4. The Kier molecular flexibility index (Phi) is 7.43. The molecular formula is C23H24ClN3O3S. The smallest absolute Gasteiger partial charge is 0.255 e. The minimum atomic E-state index is -3.42. The topological polar surface area (TPSA) is 88.2 Å². The number of carbonyl (C=O) groups is 1. The Labute approximate surface area is 187 Å². The van der Waals surface area contributed by atoms with Crippen LogP contribution in [0, 0.1) is 5.92 Å². The highest BCUT2D eigenvalue weighted by Gasteiger charge is 2.14. The summed E-state index contributed by atoms with van der Waals surface area (Å²) in [6, 6.07) is 17.2. The zero-order valence-corrected chi connectivity index (χ0v) is 18.9. The van der Waals surface area contributed by atoms with E-state index in [-0.39, 0.29) is 17.6 Å². The molecule has 6 nitrogen and oxygen atoms in total. The van der Waals surface area contributed by atoms with Crippen LogP contribution >= 0.6 is 11.6 Å². The van der Waals surface area contributed by atoms with E-state index in [2.05, 4.69) is 15.0 Å². The van der Waals surface area contributed by atoms with Gasteiger partial charge in [0.2, 0.25) is 10.0 Å². The van der Waals surface area contributed by atoms with E-state index in [4.69, 9.17) is 11.6 Å². The minimum Gasteiger partial charge on any atom is -0.322 e. The fourth-order valence-electron chi connectivity index (χ4n) is 2.84. The van der Waals surface area contributed by atoms with Crippen LogP contribution < -0.4 is 10.0 Å². The third-order valence-electron chi connectivity index (χ3n) is 4.45. The van der Waals surface area contributed by atoms with Gasteiger partial charge in [0.25, 0.3) is 5.91 Å². The molecule has 3 rings (SSSR count). The monoisotopic (exact) mass is 457 g/mol. The maximum Gasteiger partial charge on any atom is 0.255 e. The summed E-state index contributed by atoms with van der Waals surface area (Å²) in [4.78, 5) is 16.9. The first-order chi connectivity index (χ1) is 14.7. The molecular weight excluding hydrogens is 434 g/mol. The predicted octanol–water partition coefficient (Wildman–Crippen LogP) is 4.73. The normalized spacial score (nSPS) is 11.5. The van der Waals surface area contributed by atoms with Crippen LogP contribution in [0.5, 0.6) is 0 Å². The molecule has 0 aliphatic rings. The standard InChI is InChI=1S/C23H24ClN3O3S/c1-16(2)14-26-31(29,30)15-17-6-8-18(9-7-17)23(28)27-19-10-11-21(24)20(13-19)22-5-3-4-12-25-22/h3-13,16,26H,14-15H2,1-2H3,(H,27,28). The number of anilines is 1. The number of aromatic nitrogens is 1. The van der Waals surface area contributed by atoms with Gasteiger partial charge >= 0.3 is 0 Å². The Hall–Kier alpha value is -2.74. The molecule has 0 saturated carbocycles. The van der Waals surface area contributed by atoms with Gasteiger partial charge in [-0.25, -0.2) is 13.1 Å². The van der Waals surface area contributed by atoms with Crippen molar-refractivity contribution in [2.45, 2.75) is 19.6 Å². The third-order valence-corrected chi connectivity index (χ3v) is 6.10. The molecule has 0 aliphatic carbocycles. The summed E-state index contributed by atoms with van der Waals surface area (Å²) in [5.74, 6) is -0.208. The summed E-state index contributed by atoms with van der Waals surface area (Å²) in [6.45, 7) is 4.27. The van der Waals surface area contributed by atoms with Crippen LogP contribution in [0.25, 0.3) is 11.3 Å². The number of rotatable bonds is 8. The number of sulfonamides is 1. The van der Waals surface area contributed by atoms with Crippen LogP contribution in [0.1, 0.15) is 29.8 Å². The second-order valence-corrected chi connectivity index (χ2v) is 9.78. The van der Waals surface area contributed by atoms with Crippen molar-refractivity contribution >= 4 is 33.2 Å². The Morgan fingerprint density at radius 1 is 1.06 bits per heavy atom. The lowest BCUT2D eigenvalue weighted by atomic mass is 10.1. The van der Waals surface area contributed by atoms with E-state index in [9.17, 15) is 13.2 Å². The quantitative estimate of drug-likeness (QED) is 0.511. The molecule has 2 N–H and O–H groups in total. The second-order valence-electron chi connectivity index (χ2n) is 7.56. The van der Waals surface area contributed by atoms with E-state index in [0.29, 0.717) is 34.1 Å². The van der Waals surface area contributed by atoms with Crippen molar-refractivity contribution in [3.05, 3.63) is 83.0 Å². The lowest BCUT2D eigenvalue weighted by molar-refractivity contribution is 0.102. The Bertz CT molecular complexity index is 1150. The van der Waals surface area contributed by atoms with Crippen LogP contribution in [0.3, 0.4) is 0 Å². The zero-order chi connectivity index (χ0) is 22.4. The average Bonchev–Trinajstić information content (AvgIpc) is 2.74. The number of hydrogen-bond donors (Lipinski definition) is 2. The zero-order valence-electron chi connectivity index (χ0n) is 17.3. The molecule has 0 aliphatic heterocycles. The Morgan fingerprint density at radius 2 is 1.81 bits per heavy atom. The number of amides is 1. The van der Waals surface area contributed by atoms with Gasteiger partial charge in [-0.2, -0.15) is 0 Å². The lowest BCUT2D eigenvalue weighted by Gasteiger charge is -2.10. The summed E-state index contributed by atoms with van der Waals surface area (Å²) >= 11 is 6.29. The molecule has 0 spiro atoms. The molecule has 1 aromatic heterocycles. The number of nitrogens with one attached hydrogen (secondary N) is 2. The molecule has 0 bridgehead atoms. The molecule has 31 heavy (non-hydrogen) atoms. The van der Waals surface area contributed by atoms with Gasteiger partial charge in [0.1, 0.15) is 0 Å². The Balaban J connectivity index is 1.69. The van der Waals surface area contributed by atoms with Crippen molar-refractivity contribution in [2.75, 3.05) is 11.9 Å². The molecule has 1 heterocycles. The van der Waals surface area contributed by atoms with Gasteiger partial charge in [-0.3, -0.25) is 9.78 Å². The van der Waals surface area contributed by atoms with Gasteiger partial charge in [0.05, 0.1) is 16.5 Å². The lowest BCUT2D eigenvalue weighted by Crippen LogP contribution is -2.28. The maximum atomic E-state index is 12.6. The highest BCUT2D eigenvalue weighted by molar-refractivity contribution is 7.88. The molecule has 8 heteroatoms. The minimum absolute atomic E-state index is 0.133. The van der Waals surface area contributed by atoms with Gasteiger partial charge in [0, 0.05) is 29.6 Å². The van der Waals surface area contributed by atoms with E-state index >= 15 is 0 Å². The van der Waals surface area contributed by atoms with Crippen molar-refractivity contribution in [3.63, 3.8) is 0 Å². The number of halogens is 1. The first kappa shape index (κ1) is 22.9. The van der Waals surface area contributed by atoms with Crippen molar-refractivity contribution < 1.29 is 13.2 Å². The van der Waals surface area contributed by atoms with Crippen LogP contribution in [-0.4, -0.2) is 25.9 Å². The number of nitrogens with zero attached hydrogens (tertiary/aromatic N) is 1. The van der Waals surface area contributed by atoms with Gasteiger partial charge < -0.3 is 5.32 Å². The molecule has 0 saturated heterocycles. The molecule has 162 valence electrons. The number of carbonyl (C=O) groups excluding carboxylic acids is 1. The van der Waals surface area contributed by atoms with Crippen molar-refractivity contribution in [1.29, 1.82) is 0 Å². The first-order valence-corrected chi connectivity index (χ1v) is 11.8. The second kappa shape index (κ2) is 10.0. The summed E-state index contributed by atoms with van der Waals surface area (Å²) in [5.41, 5.74) is 3.04. The van der Waals surface area contributed by atoms with Crippen LogP contribution in [-0.2, 0) is 15.8 Å². The molecule has 0 fully saturated rings. The molecule has 0 atom stereocenters.